The molecule has 8 heteroatoms. The number of hydrogen-bond acceptors (Lipinski definition) is 6. The molecule has 1 saturated heterocycles. The molecule has 35 heavy (non-hydrogen) atoms. The highest BCUT2D eigenvalue weighted by Crippen LogP contribution is 2.25. The minimum absolute atomic E-state index is 0.152. The molecule has 6 N–H and O–H groups in total. The number of carbonyl (C=O) groups excluding carboxylic acids is 1. The van der Waals surface area contributed by atoms with E-state index in [9.17, 15) is 9.18 Å². The van der Waals surface area contributed by atoms with E-state index < -0.39 is 6.04 Å². The van der Waals surface area contributed by atoms with Gasteiger partial charge >= 0.3 is 0 Å². The lowest BCUT2D eigenvalue weighted by molar-refractivity contribution is 0.0634. The molecule has 2 aliphatic rings. The Morgan fingerprint density at radius 2 is 2.06 bits per heavy atom. The number of amides is 1. The Bertz CT molecular complexity index is 1190. The van der Waals surface area contributed by atoms with Crippen molar-refractivity contribution in [3.8, 4) is 0 Å². The number of halogens is 1. The summed E-state index contributed by atoms with van der Waals surface area (Å²) in [5.74, 6) is -0.0731. The normalized spacial score (nSPS) is 19.5. The monoisotopic (exact) mass is 479 g/mol. The first-order valence-corrected chi connectivity index (χ1v) is 12.0. The van der Waals surface area contributed by atoms with Gasteiger partial charge in [-0.2, -0.15) is 0 Å². The zero-order chi connectivity index (χ0) is 24.8. The van der Waals surface area contributed by atoms with Crippen molar-refractivity contribution in [1.82, 2.24) is 15.8 Å². The van der Waals surface area contributed by atoms with Crippen LogP contribution in [0.5, 0.6) is 0 Å². The van der Waals surface area contributed by atoms with Gasteiger partial charge in [0.25, 0.3) is 5.91 Å². The fourth-order valence-corrected chi connectivity index (χ4v) is 4.70. The highest BCUT2D eigenvalue weighted by molar-refractivity contribution is 5.94. The Morgan fingerprint density at radius 3 is 2.74 bits per heavy atom. The number of hydrogen-bond donors (Lipinski definition) is 4. The van der Waals surface area contributed by atoms with Crippen molar-refractivity contribution in [2.45, 2.75) is 31.3 Å². The van der Waals surface area contributed by atoms with Gasteiger partial charge in [0, 0.05) is 50.8 Å². The van der Waals surface area contributed by atoms with E-state index in [0.717, 1.165) is 48.5 Å². The molecular weight excluding hydrogens is 445 g/mol. The van der Waals surface area contributed by atoms with Crippen LogP contribution < -0.4 is 32.6 Å². The minimum Gasteiger partial charge on any atom is -0.404 e. The number of benzene rings is 2. The molecule has 0 aliphatic carbocycles. The molecule has 2 heterocycles. The molecule has 0 radical (unpaired) electrons. The Labute approximate surface area is 205 Å². The van der Waals surface area contributed by atoms with Gasteiger partial charge in [0.2, 0.25) is 0 Å². The zero-order valence-electron chi connectivity index (χ0n) is 20.0. The lowest BCUT2D eigenvalue weighted by Gasteiger charge is -2.23. The smallest absolute Gasteiger partial charge is 0.252 e. The average Bonchev–Trinajstić information content (AvgIpc) is 3.28. The minimum atomic E-state index is -0.473. The van der Waals surface area contributed by atoms with E-state index in [1.54, 1.807) is 12.1 Å². The molecule has 1 fully saturated rings. The van der Waals surface area contributed by atoms with Crippen LogP contribution in [0.4, 0.5) is 4.39 Å². The van der Waals surface area contributed by atoms with E-state index in [-0.39, 0.29) is 17.8 Å². The predicted molar refractivity (Wildman–Crippen MR) is 135 cm³/mol. The maximum Gasteiger partial charge on any atom is 0.252 e. The average molecular weight is 480 g/mol. The topological polar surface area (TPSA) is 106 Å². The van der Waals surface area contributed by atoms with Crippen LogP contribution >= 0.6 is 0 Å². The molecule has 0 spiro atoms. The lowest BCUT2D eigenvalue weighted by atomic mass is 9.92. The molecule has 2 atom stereocenters. The maximum absolute atomic E-state index is 14.0. The van der Waals surface area contributed by atoms with Crippen LogP contribution in [0.3, 0.4) is 0 Å². The van der Waals surface area contributed by atoms with Gasteiger partial charge < -0.3 is 26.5 Å². The van der Waals surface area contributed by atoms with E-state index in [1.165, 1.54) is 18.3 Å². The van der Waals surface area contributed by atoms with Crippen molar-refractivity contribution in [3.05, 3.63) is 81.6 Å². The number of nitrogens with one attached hydrogen (secondary N) is 2. The van der Waals surface area contributed by atoms with Crippen LogP contribution in [-0.2, 0) is 4.74 Å². The molecule has 0 saturated carbocycles. The van der Waals surface area contributed by atoms with Crippen molar-refractivity contribution >= 4 is 18.2 Å². The SMILES string of the molecule is CN1C=C(C(NC(=O)c2ccc(=C/N)/c(=C\C(N)CC3CCOCC3)c2)c2cccc(F)c2)CN1. The summed E-state index contributed by atoms with van der Waals surface area (Å²) in [7, 11) is 1.88. The van der Waals surface area contributed by atoms with E-state index >= 15 is 0 Å². The standard InChI is InChI=1S/C27H34FN5O2/c1-33-17-23(16-31-33)26(19-3-2-4-24(28)13-19)32-27(34)20-5-6-21(15-29)22(12-20)14-25(30)11-18-7-9-35-10-8-18/h2-6,12-15,17-18,25-26,31H,7-11,16,29-30H2,1H3,(H,32,34)/b21-15-,22-14-. The molecule has 1 amide bonds. The third-order valence-electron chi connectivity index (χ3n) is 6.59. The molecule has 4 rings (SSSR count). The number of rotatable bonds is 7. The summed E-state index contributed by atoms with van der Waals surface area (Å²) in [4.78, 5) is 13.3. The summed E-state index contributed by atoms with van der Waals surface area (Å²) >= 11 is 0. The molecule has 2 aliphatic heterocycles. The van der Waals surface area contributed by atoms with Gasteiger partial charge in [-0.3, -0.25) is 4.79 Å². The first-order chi connectivity index (χ1) is 16.9. The first kappa shape index (κ1) is 24.9. The van der Waals surface area contributed by atoms with E-state index in [2.05, 4.69) is 10.7 Å². The first-order valence-electron chi connectivity index (χ1n) is 12.0. The summed E-state index contributed by atoms with van der Waals surface area (Å²) < 4.78 is 19.4. The molecule has 2 unspecified atom stereocenters. The van der Waals surface area contributed by atoms with Crippen LogP contribution in [0, 0.1) is 11.7 Å². The number of carbonyl (C=O) groups is 1. The van der Waals surface area contributed by atoms with Crippen LogP contribution in [0.15, 0.2) is 54.2 Å². The van der Waals surface area contributed by atoms with Crippen molar-refractivity contribution in [2.75, 3.05) is 26.8 Å². The summed E-state index contributed by atoms with van der Waals surface area (Å²) in [5, 5.41) is 6.55. The van der Waals surface area contributed by atoms with Crippen molar-refractivity contribution in [2.24, 2.45) is 17.4 Å². The zero-order valence-corrected chi connectivity index (χ0v) is 20.0. The Hall–Kier alpha value is -3.20. The number of ether oxygens (including phenoxy) is 1. The lowest BCUT2D eigenvalue weighted by Crippen LogP contribution is -2.35. The largest absolute Gasteiger partial charge is 0.404 e. The second-order valence-electron chi connectivity index (χ2n) is 9.24. The quantitative estimate of drug-likeness (QED) is 0.477. The van der Waals surface area contributed by atoms with Gasteiger partial charge in [0.15, 0.2) is 0 Å². The number of nitrogens with zero attached hydrogens (tertiary/aromatic N) is 1. The summed E-state index contributed by atoms with van der Waals surface area (Å²) in [6, 6.07) is 11.1. The second-order valence-corrected chi connectivity index (χ2v) is 9.24. The van der Waals surface area contributed by atoms with Gasteiger partial charge in [-0.25, -0.2) is 9.82 Å². The molecular formula is C27H34FN5O2. The predicted octanol–water partition coefficient (Wildman–Crippen LogP) is 1.25. The van der Waals surface area contributed by atoms with Crippen molar-refractivity contribution in [1.29, 1.82) is 0 Å². The van der Waals surface area contributed by atoms with Gasteiger partial charge in [-0.05, 0) is 71.0 Å². The number of nitrogens with two attached hydrogens (primary N) is 2. The third kappa shape index (κ3) is 6.48. The molecule has 186 valence electrons. The van der Waals surface area contributed by atoms with Crippen LogP contribution in [0.2, 0.25) is 0 Å². The maximum atomic E-state index is 14.0. The van der Waals surface area contributed by atoms with Crippen molar-refractivity contribution < 1.29 is 13.9 Å². The van der Waals surface area contributed by atoms with E-state index in [4.69, 9.17) is 16.2 Å². The third-order valence-corrected chi connectivity index (χ3v) is 6.59. The second kappa shape index (κ2) is 11.5. The molecule has 0 aromatic heterocycles. The van der Waals surface area contributed by atoms with Gasteiger partial charge in [-0.15, -0.1) is 0 Å². The van der Waals surface area contributed by atoms with Crippen LogP contribution in [0.1, 0.15) is 41.2 Å². The molecule has 2 aromatic carbocycles. The summed E-state index contributed by atoms with van der Waals surface area (Å²) in [5.41, 5.74) is 17.6. The van der Waals surface area contributed by atoms with E-state index in [1.807, 2.05) is 42.5 Å². The highest BCUT2D eigenvalue weighted by atomic mass is 19.1. The van der Waals surface area contributed by atoms with Gasteiger partial charge in [-0.1, -0.05) is 24.3 Å². The summed E-state index contributed by atoms with van der Waals surface area (Å²) in [6.07, 6.45) is 8.31. The van der Waals surface area contributed by atoms with Crippen LogP contribution in [0.25, 0.3) is 12.3 Å². The van der Waals surface area contributed by atoms with E-state index in [0.29, 0.717) is 23.6 Å². The Morgan fingerprint density at radius 1 is 1.26 bits per heavy atom. The van der Waals surface area contributed by atoms with Crippen molar-refractivity contribution in [3.63, 3.8) is 0 Å². The Kier molecular flexibility index (Phi) is 8.17. The van der Waals surface area contributed by atoms with Crippen LogP contribution in [-0.4, -0.2) is 43.8 Å². The van der Waals surface area contributed by atoms with Gasteiger partial charge in [0.1, 0.15) is 5.82 Å². The fourth-order valence-electron chi connectivity index (χ4n) is 4.70. The summed E-state index contributed by atoms with van der Waals surface area (Å²) in [6.45, 7) is 2.12. The molecule has 2 aromatic rings. The number of hydrazine groups is 1. The fraction of sp³-hybridized carbons (Fsp3) is 0.370. The Balaban J connectivity index is 1.58. The van der Waals surface area contributed by atoms with Gasteiger partial charge in [0.05, 0.1) is 6.04 Å². The molecule has 7 nitrogen and oxygen atoms in total. The molecule has 0 bridgehead atoms. The highest BCUT2D eigenvalue weighted by Gasteiger charge is 2.24.